The molecular formula is C13H28N2. The third-order valence-electron chi connectivity index (χ3n) is 4.28. The highest BCUT2D eigenvalue weighted by atomic mass is 15.2. The predicted octanol–water partition coefficient (Wildman–Crippen LogP) is 2.77. The van der Waals surface area contributed by atoms with Crippen LogP contribution in [0.25, 0.3) is 0 Å². The highest BCUT2D eigenvalue weighted by Gasteiger charge is 2.31. The topological polar surface area (TPSA) is 29.3 Å². The second-order valence-electron chi connectivity index (χ2n) is 5.37. The van der Waals surface area contributed by atoms with E-state index in [0.717, 1.165) is 31.5 Å². The van der Waals surface area contributed by atoms with E-state index in [1.807, 2.05) is 0 Å². The molecule has 2 heteroatoms. The molecule has 1 aliphatic heterocycles. The van der Waals surface area contributed by atoms with Gasteiger partial charge in [0.15, 0.2) is 0 Å². The van der Waals surface area contributed by atoms with Crippen LogP contribution < -0.4 is 5.73 Å². The van der Waals surface area contributed by atoms with Crippen molar-refractivity contribution < 1.29 is 0 Å². The highest BCUT2D eigenvalue weighted by molar-refractivity contribution is 4.90. The van der Waals surface area contributed by atoms with Crippen molar-refractivity contribution in [1.82, 2.24) is 4.90 Å². The van der Waals surface area contributed by atoms with Crippen LogP contribution in [0.4, 0.5) is 0 Å². The molecule has 2 atom stereocenters. The molecule has 1 rings (SSSR count). The summed E-state index contributed by atoms with van der Waals surface area (Å²) in [4.78, 5) is 2.62. The van der Waals surface area contributed by atoms with Gasteiger partial charge in [0.2, 0.25) is 0 Å². The molecule has 1 aliphatic rings. The zero-order chi connectivity index (χ0) is 11.5. The number of hydrogen-bond donors (Lipinski definition) is 1. The lowest BCUT2D eigenvalue weighted by molar-refractivity contribution is 0.0727. The van der Waals surface area contributed by atoms with Crippen molar-refractivity contribution >= 4 is 0 Å². The number of rotatable bonds is 4. The molecule has 0 aliphatic carbocycles. The Bertz CT molecular complexity index is 177. The summed E-state index contributed by atoms with van der Waals surface area (Å²) in [6, 6.07) is 1.43. The normalized spacial score (nSPS) is 29.4. The van der Waals surface area contributed by atoms with Crippen molar-refractivity contribution in [3.63, 3.8) is 0 Å². The van der Waals surface area contributed by atoms with Crippen LogP contribution in [0.1, 0.15) is 59.8 Å². The fraction of sp³-hybridized carbons (Fsp3) is 1.00. The molecule has 0 radical (unpaired) electrons. The van der Waals surface area contributed by atoms with E-state index in [1.54, 1.807) is 0 Å². The zero-order valence-electron chi connectivity index (χ0n) is 10.9. The lowest BCUT2D eigenvalue weighted by atomic mass is 9.89. The van der Waals surface area contributed by atoms with Gasteiger partial charge in [0.05, 0.1) is 0 Å². The molecule has 0 bridgehead atoms. The number of nitrogens with two attached hydrogens (primary N) is 1. The zero-order valence-corrected chi connectivity index (χ0v) is 10.9. The summed E-state index contributed by atoms with van der Waals surface area (Å²) in [5, 5.41) is 0. The molecule has 2 N–H and O–H groups in total. The van der Waals surface area contributed by atoms with Crippen molar-refractivity contribution in [3.8, 4) is 0 Å². The van der Waals surface area contributed by atoms with Gasteiger partial charge in [0.1, 0.15) is 0 Å². The highest BCUT2D eigenvalue weighted by Crippen LogP contribution is 2.25. The quantitative estimate of drug-likeness (QED) is 0.776. The third-order valence-corrected chi connectivity index (χ3v) is 4.28. The fourth-order valence-corrected chi connectivity index (χ4v) is 2.62. The van der Waals surface area contributed by atoms with E-state index in [2.05, 4.69) is 32.6 Å². The van der Waals surface area contributed by atoms with Crippen molar-refractivity contribution in [3.05, 3.63) is 0 Å². The third kappa shape index (κ3) is 3.18. The lowest BCUT2D eigenvalue weighted by Gasteiger charge is -2.44. The van der Waals surface area contributed by atoms with Crippen LogP contribution in [0.5, 0.6) is 0 Å². The smallest absolute Gasteiger partial charge is 0.0278 e. The van der Waals surface area contributed by atoms with Crippen LogP contribution in [0.15, 0.2) is 0 Å². The van der Waals surface area contributed by atoms with Crippen molar-refractivity contribution in [1.29, 1.82) is 0 Å². The SMILES string of the molecule is CCC(N)(CC)CN1[C@H](C)CCC[C@@H]1C. The van der Waals surface area contributed by atoms with Gasteiger partial charge in [-0.1, -0.05) is 20.3 Å². The number of hydrogen-bond acceptors (Lipinski definition) is 2. The average molecular weight is 212 g/mol. The Hall–Kier alpha value is -0.0800. The molecule has 1 heterocycles. The van der Waals surface area contributed by atoms with Crippen LogP contribution in [-0.4, -0.2) is 29.1 Å². The van der Waals surface area contributed by atoms with E-state index < -0.39 is 0 Å². The van der Waals surface area contributed by atoms with Gasteiger partial charge in [-0.3, -0.25) is 4.90 Å². The minimum Gasteiger partial charge on any atom is -0.324 e. The summed E-state index contributed by atoms with van der Waals surface area (Å²) < 4.78 is 0. The van der Waals surface area contributed by atoms with Gasteiger partial charge in [0, 0.05) is 24.2 Å². The second kappa shape index (κ2) is 5.31. The molecule has 1 saturated heterocycles. The monoisotopic (exact) mass is 212 g/mol. The van der Waals surface area contributed by atoms with Crippen LogP contribution in [0.2, 0.25) is 0 Å². The molecule has 0 amide bonds. The van der Waals surface area contributed by atoms with Crippen molar-refractivity contribution in [2.75, 3.05) is 6.54 Å². The summed E-state index contributed by atoms with van der Waals surface area (Å²) >= 11 is 0. The summed E-state index contributed by atoms with van der Waals surface area (Å²) in [7, 11) is 0. The van der Waals surface area contributed by atoms with Crippen LogP contribution in [-0.2, 0) is 0 Å². The Morgan fingerprint density at radius 1 is 1.13 bits per heavy atom. The molecule has 2 nitrogen and oxygen atoms in total. The van der Waals surface area contributed by atoms with Gasteiger partial charge in [-0.05, 0) is 39.5 Å². The first-order valence-corrected chi connectivity index (χ1v) is 6.57. The molecule has 0 aromatic rings. The molecule has 90 valence electrons. The Morgan fingerprint density at radius 3 is 2.00 bits per heavy atom. The van der Waals surface area contributed by atoms with E-state index in [9.17, 15) is 0 Å². The summed E-state index contributed by atoms with van der Waals surface area (Å²) in [6.45, 7) is 10.2. The number of likely N-dealkylation sites (tertiary alicyclic amines) is 1. The predicted molar refractivity (Wildman–Crippen MR) is 67.0 cm³/mol. The van der Waals surface area contributed by atoms with E-state index in [4.69, 9.17) is 5.73 Å². The van der Waals surface area contributed by atoms with E-state index >= 15 is 0 Å². The van der Waals surface area contributed by atoms with Gasteiger partial charge in [-0.25, -0.2) is 0 Å². The van der Waals surface area contributed by atoms with E-state index in [-0.39, 0.29) is 5.54 Å². The van der Waals surface area contributed by atoms with Crippen LogP contribution >= 0.6 is 0 Å². The van der Waals surface area contributed by atoms with Crippen LogP contribution in [0, 0.1) is 0 Å². The summed E-state index contributed by atoms with van der Waals surface area (Å²) in [6.07, 6.45) is 6.23. The maximum Gasteiger partial charge on any atom is 0.0278 e. The standard InChI is InChI=1S/C13H28N2/c1-5-13(14,6-2)10-15-11(3)8-7-9-12(15)4/h11-12H,5-10,14H2,1-4H3/t11-,12+. The first kappa shape index (κ1) is 13.0. The molecule has 15 heavy (non-hydrogen) atoms. The van der Waals surface area contributed by atoms with Crippen molar-refractivity contribution in [2.24, 2.45) is 5.73 Å². The van der Waals surface area contributed by atoms with E-state index in [0.29, 0.717) is 0 Å². The Balaban J connectivity index is 2.61. The lowest BCUT2D eigenvalue weighted by Crippen LogP contribution is -2.55. The molecule has 1 fully saturated rings. The molecule has 0 aromatic carbocycles. The molecule has 0 aromatic heterocycles. The molecule has 0 unspecified atom stereocenters. The van der Waals surface area contributed by atoms with Gasteiger partial charge >= 0.3 is 0 Å². The second-order valence-corrected chi connectivity index (χ2v) is 5.37. The number of piperidine rings is 1. The Morgan fingerprint density at radius 2 is 1.60 bits per heavy atom. The minimum atomic E-state index is 0.0276. The Kier molecular flexibility index (Phi) is 4.60. The first-order chi connectivity index (χ1) is 7.02. The maximum atomic E-state index is 6.41. The van der Waals surface area contributed by atoms with Crippen LogP contribution in [0.3, 0.4) is 0 Å². The van der Waals surface area contributed by atoms with Gasteiger partial charge in [-0.15, -0.1) is 0 Å². The fourth-order valence-electron chi connectivity index (χ4n) is 2.62. The molecule has 0 saturated carbocycles. The average Bonchev–Trinajstić information content (AvgIpc) is 2.23. The van der Waals surface area contributed by atoms with Gasteiger partial charge < -0.3 is 5.73 Å². The van der Waals surface area contributed by atoms with E-state index in [1.165, 1.54) is 19.3 Å². The minimum absolute atomic E-state index is 0.0276. The maximum absolute atomic E-state index is 6.41. The summed E-state index contributed by atoms with van der Waals surface area (Å²) in [5.74, 6) is 0. The molecular weight excluding hydrogens is 184 g/mol. The number of nitrogens with zero attached hydrogens (tertiary/aromatic N) is 1. The largest absolute Gasteiger partial charge is 0.324 e. The first-order valence-electron chi connectivity index (χ1n) is 6.57. The van der Waals surface area contributed by atoms with Gasteiger partial charge in [-0.2, -0.15) is 0 Å². The van der Waals surface area contributed by atoms with Gasteiger partial charge in [0.25, 0.3) is 0 Å². The molecule has 0 spiro atoms. The van der Waals surface area contributed by atoms with Crippen molar-refractivity contribution in [2.45, 2.75) is 77.4 Å². The Labute approximate surface area is 95.2 Å². The summed E-state index contributed by atoms with van der Waals surface area (Å²) in [5.41, 5.74) is 6.44.